The second-order valence-corrected chi connectivity index (χ2v) is 6.41. The Hall–Kier alpha value is -0.970. The molecule has 0 unspecified atom stereocenters. The number of rotatable bonds is 5. The van der Waals surface area contributed by atoms with Crippen LogP contribution in [0.15, 0.2) is 0 Å². The normalized spacial score (nSPS) is 16.5. The van der Waals surface area contributed by atoms with Crippen molar-refractivity contribution in [3.8, 4) is 0 Å². The monoisotopic (exact) mass is 280 g/mol. The summed E-state index contributed by atoms with van der Waals surface area (Å²) in [5.74, 6) is 5.74. The van der Waals surface area contributed by atoms with Crippen molar-refractivity contribution >= 4 is 23.4 Å². The summed E-state index contributed by atoms with van der Waals surface area (Å²) in [7, 11) is 0. The molecule has 0 spiro atoms. The first kappa shape index (κ1) is 14.4. The van der Waals surface area contributed by atoms with E-state index in [1.807, 2.05) is 6.92 Å². The Bertz CT molecular complexity index is 416. The van der Waals surface area contributed by atoms with Crippen molar-refractivity contribution in [2.24, 2.45) is 5.92 Å². The lowest BCUT2D eigenvalue weighted by Crippen LogP contribution is -2.20. The van der Waals surface area contributed by atoms with E-state index in [-0.39, 0.29) is 0 Å². The van der Waals surface area contributed by atoms with Crippen molar-refractivity contribution in [2.45, 2.75) is 39.5 Å². The minimum absolute atomic E-state index is 0.611. The largest absolute Gasteiger partial charge is 0.383 e. The molecule has 19 heavy (non-hydrogen) atoms. The smallest absolute Gasteiger partial charge is 0.134 e. The molecule has 2 rings (SSSR count). The molecular formula is C14H24N4S. The Morgan fingerprint density at radius 2 is 2.05 bits per heavy atom. The van der Waals surface area contributed by atoms with Crippen LogP contribution < -0.4 is 11.1 Å². The zero-order valence-electron chi connectivity index (χ0n) is 11.9. The summed E-state index contributed by atoms with van der Waals surface area (Å²) in [6, 6.07) is 0. The van der Waals surface area contributed by atoms with Gasteiger partial charge in [0, 0.05) is 18.5 Å². The maximum atomic E-state index is 5.97. The Balaban J connectivity index is 2.01. The molecule has 1 fully saturated rings. The number of anilines is 2. The third-order valence-electron chi connectivity index (χ3n) is 3.60. The van der Waals surface area contributed by atoms with E-state index in [9.17, 15) is 0 Å². The maximum Gasteiger partial charge on any atom is 0.134 e. The van der Waals surface area contributed by atoms with E-state index in [0.29, 0.717) is 5.82 Å². The van der Waals surface area contributed by atoms with Crippen LogP contribution in [-0.4, -0.2) is 28.0 Å². The highest BCUT2D eigenvalue weighted by Crippen LogP contribution is 2.24. The molecule has 1 aromatic rings. The lowest BCUT2D eigenvalue weighted by Gasteiger charge is -2.22. The number of hydrogen-bond donors (Lipinski definition) is 2. The van der Waals surface area contributed by atoms with Crippen molar-refractivity contribution in [1.29, 1.82) is 0 Å². The third kappa shape index (κ3) is 4.00. The van der Waals surface area contributed by atoms with E-state index < -0.39 is 0 Å². The van der Waals surface area contributed by atoms with Crippen molar-refractivity contribution in [3.05, 3.63) is 11.4 Å². The van der Waals surface area contributed by atoms with E-state index in [2.05, 4.69) is 34.0 Å². The molecule has 0 atom stereocenters. The van der Waals surface area contributed by atoms with Crippen LogP contribution in [0.5, 0.6) is 0 Å². The molecule has 106 valence electrons. The van der Waals surface area contributed by atoms with Crippen molar-refractivity contribution in [3.63, 3.8) is 0 Å². The first-order chi connectivity index (χ1) is 9.20. The summed E-state index contributed by atoms with van der Waals surface area (Å²) < 4.78 is 0. The number of nitrogens with two attached hydrogens (primary N) is 1. The Kier molecular flexibility index (Phi) is 5.31. The van der Waals surface area contributed by atoms with Gasteiger partial charge in [-0.1, -0.05) is 6.92 Å². The minimum Gasteiger partial charge on any atom is -0.383 e. The molecule has 5 heteroatoms. The van der Waals surface area contributed by atoms with Gasteiger partial charge in [0.1, 0.15) is 17.5 Å². The molecule has 0 aromatic carbocycles. The summed E-state index contributed by atoms with van der Waals surface area (Å²) in [6.07, 6.45) is 4.54. The van der Waals surface area contributed by atoms with Gasteiger partial charge in [-0.05, 0) is 43.6 Å². The molecular weight excluding hydrogens is 256 g/mol. The van der Waals surface area contributed by atoms with Crippen molar-refractivity contribution in [2.75, 3.05) is 29.1 Å². The van der Waals surface area contributed by atoms with Crippen LogP contribution in [0.4, 0.5) is 11.6 Å². The van der Waals surface area contributed by atoms with Gasteiger partial charge in [-0.3, -0.25) is 0 Å². The Labute approximate surface area is 120 Å². The van der Waals surface area contributed by atoms with E-state index in [1.54, 1.807) is 0 Å². The summed E-state index contributed by atoms with van der Waals surface area (Å²) in [5, 5.41) is 3.48. The molecule has 0 bridgehead atoms. The predicted molar refractivity (Wildman–Crippen MR) is 83.7 cm³/mol. The van der Waals surface area contributed by atoms with Gasteiger partial charge in [0.2, 0.25) is 0 Å². The minimum atomic E-state index is 0.611. The zero-order chi connectivity index (χ0) is 13.7. The first-order valence-corrected chi connectivity index (χ1v) is 8.30. The Morgan fingerprint density at radius 1 is 1.32 bits per heavy atom. The highest BCUT2D eigenvalue weighted by Gasteiger charge is 2.15. The fraction of sp³-hybridized carbons (Fsp3) is 0.714. The number of hydrogen-bond acceptors (Lipinski definition) is 5. The molecule has 1 aromatic heterocycles. The van der Waals surface area contributed by atoms with Crippen LogP contribution in [0.2, 0.25) is 0 Å². The molecule has 0 amide bonds. The van der Waals surface area contributed by atoms with Crippen LogP contribution >= 0.6 is 11.8 Å². The number of nitrogens with zero attached hydrogens (tertiary/aromatic N) is 2. The fourth-order valence-corrected chi connectivity index (χ4v) is 3.49. The zero-order valence-corrected chi connectivity index (χ0v) is 12.7. The fourth-order valence-electron chi connectivity index (χ4n) is 2.28. The SMILES string of the molecule is CCCc1nc(N)c(C)c(NCC2CCSCC2)n1. The van der Waals surface area contributed by atoms with Gasteiger partial charge >= 0.3 is 0 Å². The molecule has 0 saturated carbocycles. The van der Waals surface area contributed by atoms with Gasteiger partial charge < -0.3 is 11.1 Å². The lowest BCUT2D eigenvalue weighted by molar-refractivity contribution is 0.515. The van der Waals surface area contributed by atoms with Crippen LogP contribution in [0.25, 0.3) is 0 Å². The average molecular weight is 280 g/mol. The second-order valence-electron chi connectivity index (χ2n) is 5.19. The average Bonchev–Trinajstić information content (AvgIpc) is 2.42. The highest BCUT2D eigenvalue weighted by molar-refractivity contribution is 7.99. The molecule has 1 aliphatic rings. The van der Waals surface area contributed by atoms with Crippen LogP contribution in [0, 0.1) is 12.8 Å². The number of aryl methyl sites for hydroxylation is 1. The molecule has 0 radical (unpaired) electrons. The van der Waals surface area contributed by atoms with Crippen LogP contribution in [0.1, 0.15) is 37.6 Å². The summed E-state index contributed by atoms with van der Waals surface area (Å²) in [4.78, 5) is 8.94. The lowest BCUT2D eigenvalue weighted by atomic mass is 10.0. The first-order valence-electron chi connectivity index (χ1n) is 7.15. The molecule has 4 nitrogen and oxygen atoms in total. The summed E-state index contributed by atoms with van der Waals surface area (Å²) in [5.41, 5.74) is 6.94. The standard InChI is InChI=1S/C14H24N4S/c1-3-4-12-17-13(15)10(2)14(18-12)16-9-11-5-7-19-8-6-11/h11H,3-9H2,1-2H3,(H3,15,16,17,18). The molecule has 0 aliphatic carbocycles. The molecule has 3 N–H and O–H groups in total. The Morgan fingerprint density at radius 3 is 2.74 bits per heavy atom. The van der Waals surface area contributed by atoms with Crippen LogP contribution in [-0.2, 0) is 6.42 Å². The van der Waals surface area contributed by atoms with Gasteiger partial charge in [-0.15, -0.1) is 0 Å². The van der Waals surface area contributed by atoms with Crippen molar-refractivity contribution < 1.29 is 0 Å². The summed E-state index contributed by atoms with van der Waals surface area (Å²) >= 11 is 2.06. The second kappa shape index (κ2) is 6.98. The van der Waals surface area contributed by atoms with Gasteiger partial charge in [0.25, 0.3) is 0 Å². The van der Waals surface area contributed by atoms with E-state index in [1.165, 1.54) is 24.3 Å². The van der Waals surface area contributed by atoms with Crippen LogP contribution in [0.3, 0.4) is 0 Å². The number of nitrogens with one attached hydrogen (secondary N) is 1. The van der Waals surface area contributed by atoms with E-state index in [4.69, 9.17) is 5.73 Å². The quantitative estimate of drug-likeness (QED) is 0.868. The number of nitrogen functional groups attached to an aromatic ring is 1. The number of thioether (sulfide) groups is 1. The van der Waals surface area contributed by atoms with E-state index >= 15 is 0 Å². The molecule has 1 saturated heterocycles. The summed E-state index contributed by atoms with van der Waals surface area (Å²) in [6.45, 7) is 5.12. The molecule has 2 heterocycles. The third-order valence-corrected chi connectivity index (χ3v) is 4.65. The number of aromatic nitrogens is 2. The topological polar surface area (TPSA) is 63.8 Å². The highest BCUT2D eigenvalue weighted by atomic mass is 32.2. The molecule has 1 aliphatic heterocycles. The van der Waals surface area contributed by atoms with Gasteiger partial charge in [-0.2, -0.15) is 11.8 Å². The van der Waals surface area contributed by atoms with Crippen molar-refractivity contribution in [1.82, 2.24) is 9.97 Å². The van der Waals surface area contributed by atoms with Gasteiger partial charge in [0.05, 0.1) is 0 Å². The van der Waals surface area contributed by atoms with Gasteiger partial charge in [0.15, 0.2) is 0 Å². The maximum absolute atomic E-state index is 5.97. The predicted octanol–water partition coefficient (Wildman–Crippen LogP) is 2.87. The van der Waals surface area contributed by atoms with E-state index in [0.717, 1.165) is 42.5 Å². The van der Waals surface area contributed by atoms with Gasteiger partial charge in [-0.25, -0.2) is 9.97 Å².